The van der Waals surface area contributed by atoms with Gasteiger partial charge in [0, 0.05) is 36.9 Å². The molecule has 0 spiro atoms. The number of nitrogens with zero attached hydrogens (tertiary/aromatic N) is 1. The van der Waals surface area contributed by atoms with Crippen LogP contribution in [0.3, 0.4) is 0 Å². The average molecular weight is 355 g/mol. The van der Waals surface area contributed by atoms with E-state index in [4.69, 9.17) is 14.2 Å². The number of benzene rings is 1. The molecule has 5 nitrogen and oxygen atoms in total. The van der Waals surface area contributed by atoms with E-state index in [1.165, 1.54) is 5.56 Å². The second-order valence-electron chi connectivity index (χ2n) is 6.89. The molecule has 138 valence electrons. The lowest BCUT2D eigenvalue weighted by Crippen LogP contribution is -2.14. The molecule has 1 aromatic carbocycles. The largest absolute Gasteiger partial charge is 0.490 e. The minimum Gasteiger partial charge on any atom is -0.490 e. The van der Waals surface area contributed by atoms with Gasteiger partial charge in [0.1, 0.15) is 6.61 Å². The van der Waals surface area contributed by atoms with Crippen LogP contribution in [0.2, 0.25) is 0 Å². The zero-order valence-corrected chi connectivity index (χ0v) is 15.4. The van der Waals surface area contributed by atoms with E-state index in [1.807, 2.05) is 25.3 Å². The summed E-state index contributed by atoms with van der Waals surface area (Å²) in [6.45, 7) is 4.42. The highest BCUT2D eigenvalue weighted by Gasteiger charge is 2.34. The Morgan fingerprint density at radius 1 is 1.19 bits per heavy atom. The lowest BCUT2D eigenvalue weighted by molar-refractivity contribution is 0.0968. The molecule has 0 saturated heterocycles. The molecule has 1 aliphatic carbocycles. The molecule has 1 fully saturated rings. The third-order valence-corrected chi connectivity index (χ3v) is 5.07. The van der Waals surface area contributed by atoms with Gasteiger partial charge in [-0.05, 0) is 49.9 Å². The summed E-state index contributed by atoms with van der Waals surface area (Å²) in [5.74, 6) is 1.97. The Morgan fingerprint density at radius 3 is 2.73 bits per heavy atom. The Hall–Kier alpha value is -2.27. The number of carbonyl (C=O) groups excluding carboxylic acids is 1. The predicted octanol–water partition coefficient (Wildman–Crippen LogP) is 3.73. The molecule has 26 heavy (non-hydrogen) atoms. The van der Waals surface area contributed by atoms with Crippen molar-refractivity contribution in [2.45, 2.75) is 32.7 Å². The highest BCUT2D eigenvalue weighted by molar-refractivity contribution is 6.05. The molecule has 0 radical (unpaired) electrons. The van der Waals surface area contributed by atoms with E-state index in [2.05, 4.69) is 10.6 Å². The van der Waals surface area contributed by atoms with Gasteiger partial charge in [0.2, 0.25) is 0 Å². The number of aryl methyl sites for hydroxylation is 2. The minimum absolute atomic E-state index is 0.218. The third-order valence-electron chi connectivity index (χ3n) is 5.07. The zero-order valence-electron chi connectivity index (χ0n) is 15.4. The van der Waals surface area contributed by atoms with Gasteiger partial charge < -0.3 is 18.8 Å². The molecular weight excluding hydrogens is 330 g/mol. The molecule has 0 atom stereocenters. The molecule has 0 bridgehead atoms. The first-order valence-corrected chi connectivity index (χ1v) is 9.38. The van der Waals surface area contributed by atoms with Crippen molar-refractivity contribution < 1.29 is 19.0 Å². The van der Waals surface area contributed by atoms with Crippen LogP contribution in [0.4, 0.5) is 0 Å². The van der Waals surface area contributed by atoms with E-state index < -0.39 is 0 Å². The lowest BCUT2D eigenvalue weighted by atomic mass is 9.93. The standard InChI is InChI=1S/C21H25NO4/c1-3-25-19-13-17-15(12-18(19)26-11-10-24-2)6-8-22-9-7-16(20(17)22)21(23)14-4-5-14/h7,9,12-14H,3-6,8,10-11H2,1-2H3. The highest BCUT2D eigenvalue weighted by Crippen LogP contribution is 2.42. The van der Waals surface area contributed by atoms with Crippen molar-refractivity contribution in [3.05, 3.63) is 35.5 Å². The number of fused-ring (bicyclic) bond motifs is 3. The van der Waals surface area contributed by atoms with Crippen LogP contribution in [-0.4, -0.2) is 37.3 Å². The first-order chi connectivity index (χ1) is 12.7. The van der Waals surface area contributed by atoms with Gasteiger partial charge in [-0.25, -0.2) is 0 Å². The van der Waals surface area contributed by atoms with Gasteiger partial charge in [0.05, 0.1) is 18.9 Å². The van der Waals surface area contributed by atoms with Crippen molar-refractivity contribution in [3.63, 3.8) is 0 Å². The van der Waals surface area contributed by atoms with Crippen molar-refractivity contribution in [3.8, 4) is 22.8 Å². The van der Waals surface area contributed by atoms with Crippen LogP contribution in [0, 0.1) is 5.92 Å². The zero-order chi connectivity index (χ0) is 18.1. The lowest BCUT2D eigenvalue weighted by Gasteiger charge is -2.23. The fraction of sp³-hybridized carbons (Fsp3) is 0.476. The van der Waals surface area contributed by atoms with Gasteiger partial charge in [-0.3, -0.25) is 4.79 Å². The summed E-state index contributed by atoms with van der Waals surface area (Å²) in [6, 6.07) is 6.09. The quantitative estimate of drug-likeness (QED) is 0.535. The van der Waals surface area contributed by atoms with Crippen LogP contribution in [0.5, 0.6) is 11.5 Å². The Bertz CT molecular complexity index is 820. The Kier molecular flexibility index (Phi) is 4.72. The molecule has 2 aliphatic rings. The smallest absolute Gasteiger partial charge is 0.168 e. The van der Waals surface area contributed by atoms with E-state index in [1.54, 1.807) is 7.11 Å². The van der Waals surface area contributed by atoms with E-state index in [0.29, 0.717) is 19.8 Å². The van der Waals surface area contributed by atoms with Gasteiger partial charge in [0.25, 0.3) is 0 Å². The molecule has 0 unspecified atom stereocenters. The first kappa shape index (κ1) is 17.2. The van der Waals surface area contributed by atoms with Gasteiger partial charge >= 0.3 is 0 Å². The maximum atomic E-state index is 12.7. The van der Waals surface area contributed by atoms with Crippen molar-refractivity contribution in [1.29, 1.82) is 0 Å². The SMILES string of the molecule is CCOc1cc2c(cc1OCCOC)CCn1ccc(C(=O)C3CC3)c1-2. The van der Waals surface area contributed by atoms with Gasteiger partial charge in [-0.15, -0.1) is 0 Å². The number of carbonyl (C=O) groups is 1. The summed E-state index contributed by atoms with van der Waals surface area (Å²) in [6.07, 6.45) is 5.00. The van der Waals surface area contributed by atoms with Gasteiger partial charge in [0.15, 0.2) is 17.3 Å². The number of aromatic nitrogens is 1. The number of ketones is 1. The van der Waals surface area contributed by atoms with Crippen molar-refractivity contribution >= 4 is 5.78 Å². The Morgan fingerprint density at radius 2 is 2.00 bits per heavy atom. The van der Waals surface area contributed by atoms with E-state index >= 15 is 0 Å². The van der Waals surface area contributed by atoms with E-state index in [0.717, 1.165) is 54.1 Å². The van der Waals surface area contributed by atoms with Crippen molar-refractivity contribution in [1.82, 2.24) is 4.57 Å². The normalized spacial score (nSPS) is 15.3. The van der Waals surface area contributed by atoms with E-state index in [-0.39, 0.29) is 11.7 Å². The third kappa shape index (κ3) is 3.12. The van der Waals surface area contributed by atoms with Crippen LogP contribution in [0.25, 0.3) is 11.3 Å². The van der Waals surface area contributed by atoms with Crippen LogP contribution < -0.4 is 9.47 Å². The maximum absolute atomic E-state index is 12.7. The molecule has 1 aliphatic heterocycles. The summed E-state index contributed by atoms with van der Waals surface area (Å²) in [5, 5.41) is 0. The number of ether oxygens (including phenoxy) is 3. The second kappa shape index (κ2) is 7.16. The summed E-state index contributed by atoms with van der Waals surface area (Å²) in [5.41, 5.74) is 4.18. The number of Topliss-reactive ketones (excluding diaryl/α,β-unsaturated/α-hetero) is 1. The van der Waals surface area contributed by atoms with Gasteiger partial charge in [-0.2, -0.15) is 0 Å². The molecule has 2 heterocycles. The molecule has 0 N–H and O–H groups in total. The topological polar surface area (TPSA) is 49.7 Å². The monoisotopic (exact) mass is 355 g/mol. The second-order valence-corrected chi connectivity index (χ2v) is 6.89. The highest BCUT2D eigenvalue weighted by atomic mass is 16.5. The van der Waals surface area contributed by atoms with Crippen LogP contribution in [-0.2, 0) is 17.7 Å². The van der Waals surface area contributed by atoms with Crippen molar-refractivity contribution in [2.75, 3.05) is 26.9 Å². The fourth-order valence-corrected chi connectivity index (χ4v) is 3.61. The van der Waals surface area contributed by atoms with Crippen LogP contribution in [0.15, 0.2) is 24.4 Å². The van der Waals surface area contributed by atoms with Crippen LogP contribution >= 0.6 is 0 Å². The molecule has 4 rings (SSSR count). The number of hydrogen-bond donors (Lipinski definition) is 0. The van der Waals surface area contributed by atoms with Crippen LogP contribution in [0.1, 0.15) is 35.7 Å². The Balaban J connectivity index is 1.74. The summed E-state index contributed by atoms with van der Waals surface area (Å²) in [4.78, 5) is 12.7. The first-order valence-electron chi connectivity index (χ1n) is 9.38. The number of hydrogen-bond acceptors (Lipinski definition) is 4. The number of rotatable bonds is 8. The maximum Gasteiger partial charge on any atom is 0.168 e. The fourth-order valence-electron chi connectivity index (χ4n) is 3.61. The summed E-state index contributed by atoms with van der Waals surface area (Å²) >= 11 is 0. The molecule has 1 saturated carbocycles. The predicted molar refractivity (Wildman–Crippen MR) is 99.2 cm³/mol. The molecular formula is C21H25NO4. The van der Waals surface area contributed by atoms with E-state index in [9.17, 15) is 4.79 Å². The molecule has 0 amide bonds. The minimum atomic E-state index is 0.218. The molecule has 2 aromatic rings. The van der Waals surface area contributed by atoms with Crippen molar-refractivity contribution in [2.24, 2.45) is 5.92 Å². The number of methoxy groups -OCH3 is 1. The molecule has 1 aromatic heterocycles. The summed E-state index contributed by atoms with van der Waals surface area (Å²) in [7, 11) is 1.66. The average Bonchev–Trinajstić information content (AvgIpc) is 3.40. The Labute approximate surface area is 153 Å². The molecule has 5 heteroatoms. The summed E-state index contributed by atoms with van der Waals surface area (Å²) < 4.78 is 19.0. The van der Waals surface area contributed by atoms with Gasteiger partial charge in [-0.1, -0.05) is 0 Å².